The number of carbonyl (C=O) groups excluding carboxylic acids is 1. The van der Waals surface area contributed by atoms with E-state index in [0.29, 0.717) is 18.1 Å². The SMILES string of the molecule is Cc1nc(NC(=O)NCCC(C)C(=O)O)sc1C. The van der Waals surface area contributed by atoms with Gasteiger partial charge in [-0.05, 0) is 20.3 Å². The number of carbonyl (C=O) groups is 2. The average Bonchev–Trinajstić information content (AvgIpc) is 2.57. The summed E-state index contributed by atoms with van der Waals surface area (Å²) in [6.07, 6.45) is 0.401. The molecule has 1 aromatic rings. The topological polar surface area (TPSA) is 91.3 Å². The van der Waals surface area contributed by atoms with Gasteiger partial charge < -0.3 is 10.4 Å². The Bertz CT molecular complexity index is 425. The van der Waals surface area contributed by atoms with Gasteiger partial charge >= 0.3 is 12.0 Å². The minimum Gasteiger partial charge on any atom is -0.481 e. The molecule has 7 heteroatoms. The van der Waals surface area contributed by atoms with Crippen LogP contribution in [-0.2, 0) is 4.79 Å². The first-order valence-electron chi connectivity index (χ1n) is 5.62. The molecule has 0 aliphatic heterocycles. The summed E-state index contributed by atoms with van der Waals surface area (Å²) in [6, 6.07) is -0.360. The summed E-state index contributed by atoms with van der Waals surface area (Å²) in [7, 11) is 0. The highest BCUT2D eigenvalue weighted by molar-refractivity contribution is 7.15. The number of hydrogen-bond acceptors (Lipinski definition) is 4. The van der Waals surface area contributed by atoms with Crippen LogP contribution < -0.4 is 10.6 Å². The fraction of sp³-hybridized carbons (Fsp3) is 0.545. The van der Waals surface area contributed by atoms with E-state index >= 15 is 0 Å². The van der Waals surface area contributed by atoms with Crippen molar-refractivity contribution in [2.45, 2.75) is 27.2 Å². The molecule has 6 nitrogen and oxygen atoms in total. The molecule has 100 valence electrons. The largest absolute Gasteiger partial charge is 0.481 e. The quantitative estimate of drug-likeness (QED) is 0.763. The van der Waals surface area contributed by atoms with E-state index in [2.05, 4.69) is 15.6 Å². The van der Waals surface area contributed by atoms with E-state index in [4.69, 9.17) is 5.11 Å². The second kappa shape index (κ2) is 6.34. The van der Waals surface area contributed by atoms with Crippen LogP contribution in [0, 0.1) is 19.8 Å². The maximum absolute atomic E-state index is 11.5. The lowest BCUT2D eigenvalue weighted by molar-refractivity contribution is -0.141. The van der Waals surface area contributed by atoms with Crippen LogP contribution in [0.2, 0.25) is 0 Å². The molecule has 3 N–H and O–H groups in total. The van der Waals surface area contributed by atoms with Gasteiger partial charge in [-0.15, -0.1) is 11.3 Å². The van der Waals surface area contributed by atoms with Crippen molar-refractivity contribution in [1.29, 1.82) is 0 Å². The van der Waals surface area contributed by atoms with Crippen molar-refractivity contribution in [1.82, 2.24) is 10.3 Å². The molecule has 0 aromatic carbocycles. The van der Waals surface area contributed by atoms with E-state index in [1.54, 1.807) is 6.92 Å². The first-order chi connectivity index (χ1) is 8.40. The van der Waals surface area contributed by atoms with E-state index in [1.165, 1.54) is 11.3 Å². The number of carboxylic acid groups (broad SMARTS) is 1. The summed E-state index contributed by atoms with van der Waals surface area (Å²) >= 11 is 1.41. The molecule has 0 aliphatic rings. The van der Waals surface area contributed by atoms with Crippen LogP contribution in [0.15, 0.2) is 0 Å². The number of rotatable bonds is 5. The van der Waals surface area contributed by atoms with Gasteiger partial charge in [0.05, 0.1) is 11.6 Å². The summed E-state index contributed by atoms with van der Waals surface area (Å²) in [5, 5.41) is 14.4. The highest BCUT2D eigenvalue weighted by Gasteiger charge is 2.11. The van der Waals surface area contributed by atoms with Gasteiger partial charge in [0, 0.05) is 11.4 Å². The minimum atomic E-state index is -0.858. The lowest BCUT2D eigenvalue weighted by atomic mass is 10.1. The molecule has 0 spiro atoms. The number of thiazole rings is 1. The van der Waals surface area contributed by atoms with Crippen molar-refractivity contribution in [3.8, 4) is 0 Å². The number of amides is 2. The third-order valence-electron chi connectivity index (χ3n) is 2.53. The number of anilines is 1. The van der Waals surface area contributed by atoms with E-state index in [0.717, 1.165) is 10.6 Å². The second-order valence-electron chi connectivity index (χ2n) is 4.07. The smallest absolute Gasteiger partial charge is 0.321 e. The van der Waals surface area contributed by atoms with Gasteiger partial charge in [0.2, 0.25) is 0 Å². The van der Waals surface area contributed by atoms with Crippen molar-refractivity contribution in [3.05, 3.63) is 10.6 Å². The normalized spacial score (nSPS) is 11.9. The minimum absolute atomic E-state index is 0.322. The van der Waals surface area contributed by atoms with Crippen molar-refractivity contribution in [2.75, 3.05) is 11.9 Å². The van der Waals surface area contributed by atoms with Crippen LogP contribution in [0.1, 0.15) is 23.9 Å². The Labute approximate surface area is 109 Å². The molecule has 18 heavy (non-hydrogen) atoms. The number of urea groups is 1. The number of hydrogen-bond donors (Lipinski definition) is 3. The van der Waals surface area contributed by atoms with Crippen LogP contribution >= 0.6 is 11.3 Å². The Morgan fingerprint density at radius 1 is 1.44 bits per heavy atom. The molecule has 0 fully saturated rings. The van der Waals surface area contributed by atoms with Crippen LogP contribution in [0.3, 0.4) is 0 Å². The van der Waals surface area contributed by atoms with Crippen LogP contribution in [0.5, 0.6) is 0 Å². The number of nitrogens with zero attached hydrogens (tertiary/aromatic N) is 1. The fourth-order valence-electron chi connectivity index (χ4n) is 1.19. The van der Waals surface area contributed by atoms with Crippen LogP contribution in [-0.4, -0.2) is 28.6 Å². The Hall–Kier alpha value is -1.63. The van der Waals surface area contributed by atoms with Crippen LogP contribution in [0.4, 0.5) is 9.93 Å². The molecular weight excluding hydrogens is 254 g/mol. The summed E-state index contributed by atoms with van der Waals surface area (Å²) in [4.78, 5) is 27.3. The molecule has 0 aliphatic carbocycles. The van der Waals surface area contributed by atoms with Crippen molar-refractivity contribution >= 4 is 28.5 Å². The molecule has 1 unspecified atom stereocenters. The first-order valence-corrected chi connectivity index (χ1v) is 6.43. The molecular formula is C11H17N3O3S. The molecule has 0 radical (unpaired) electrons. The molecule has 1 rings (SSSR count). The summed E-state index contributed by atoms with van der Waals surface area (Å²) in [5.74, 6) is -1.32. The van der Waals surface area contributed by atoms with E-state index in [1.807, 2.05) is 13.8 Å². The van der Waals surface area contributed by atoms with Crippen molar-refractivity contribution in [2.24, 2.45) is 5.92 Å². The molecule has 2 amide bonds. The van der Waals surface area contributed by atoms with E-state index in [-0.39, 0.29) is 6.03 Å². The number of nitrogens with one attached hydrogen (secondary N) is 2. The highest BCUT2D eigenvalue weighted by Crippen LogP contribution is 2.20. The summed E-state index contributed by atoms with van der Waals surface area (Å²) in [5.41, 5.74) is 0.898. The zero-order valence-electron chi connectivity index (χ0n) is 10.6. The first kappa shape index (κ1) is 14.4. The monoisotopic (exact) mass is 271 g/mol. The number of aromatic nitrogens is 1. The molecule has 1 heterocycles. The third kappa shape index (κ3) is 4.33. The lowest BCUT2D eigenvalue weighted by Gasteiger charge is -2.07. The molecule has 0 saturated heterocycles. The lowest BCUT2D eigenvalue weighted by Crippen LogP contribution is -2.31. The van der Waals surface area contributed by atoms with Crippen LogP contribution in [0.25, 0.3) is 0 Å². The highest BCUT2D eigenvalue weighted by atomic mass is 32.1. The standard InChI is InChI=1S/C11H17N3O3S/c1-6(9(15)16)4-5-12-10(17)14-11-13-7(2)8(3)18-11/h6H,4-5H2,1-3H3,(H,15,16)(H2,12,13,14,17). The predicted octanol–water partition coefficient (Wildman–Crippen LogP) is 1.99. The Morgan fingerprint density at radius 2 is 2.11 bits per heavy atom. The molecule has 0 saturated carbocycles. The number of carboxylic acids is 1. The van der Waals surface area contributed by atoms with Gasteiger partial charge in [-0.2, -0.15) is 0 Å². The zero-order valence-corrected chi connectivity index (χ0v) is 11.4. The average molecular weight is 271 g/mol. The molecule has 1 aromatic heterocycles. The van der Waals surface area contributed by atoms with Gasteiger partial charge in [0.15, 0.2) is 5.13 Å². The van der Waals surface area contributed by atoms with Gasteiger partial charge in [-0.3, -0.25) is 10.1 Å². The summed E-state index contributed by atoms with van der Waals surface area (Å²) < 4.78 is 0. The zero-order chi connectivity index (χ0) is 13.7. The Morgan fingerprint density at radius 3 is 2.61 bits per heavy atom. The number of aliphatic carboxylic acids is 1. The Kier molecular flexibility index (Phi) is 5.08. The van der Waals surface area contributed by atoms with Gasteiger partial charge in [0.25, 0.3) is 0 Å². The van der Waals surface area contributed by atoms with Gasteiger partial charge in [0.1, 0.15) is 0 Å². The fourth-order valence-corrected chi connectivity index (χ4v) is 2.00. The van der Waals surface area contributed by atoms with Gasteiger partial charge in [-0.25, -0.2) is 9.78 Å². The number of aryl methyl sites for hydroxylation is 2. The van der Waals surface area contributed by atoms with E-state index < -0.39 is 11.9 Å². The van der Waals surface area contributed by atoms with Gasteiger partial charge in [-0.1, -0.05) is 6.92 Å². The summed E-state index contributed by atoms with van der Waals surface area (Å²) in [6.45, 7) is 5.74. The Balaban J connectivity index is 2.32. The maximum atomic E-state index is 11.5. The third-order valence-corrected chi connectivity index (χ3v) is 3.52. The van der Waals surface area contributed by atoms with Crippen molar-refractivity contribution < 1.29 is 14.7 Å². The van der Waals surface area contributed by atoms with E-state index in [9.17, 15) is 9.59 Å². The second-order valence-corrected chi connectivity index (χ2v) is 5.27. The predicted molar refractivity (Wildman–Crippen MR) is 70.0 cm³/mol. The maximum Gasteiger partial charge on any atom is 0.321 e. The van der Waals surface area contributed by atoms with Crippen molar-refractivity contribution in [3.63, 3.8) is 0 Å². The molecule has 0 bridgehead atoms. The molecule has 1 atom stereocenters.